The highest BCUT2D eigenvalue weighted by Crippen LogP contribution is 2.30. The Labute approximate surface area is 169 Å². The van der Waals surface area contributed by atoms with Crippen LogP contribution < -0.4 is 5.73 Å². The fourth-order valence-corrected chi connectivity index (χ4v) is 3.79. The van der Waals surface area contributed by atoms with Crippen LogP contribution in [0.1, 0.15) is 34.1 Å². The Hall–Kier alpha value is -2.17. The van der Waals surface area contributed by atoms with Crippen LogP contribution >= 0.6 is 23.2 Å². The van der Waals surface area contributed by atoms with Crippen molar-refractivity contribution in [3.8, 4) is 0 Å². The number of aromatic amines is 1. The van der Waals surface area contributed by atoms with E-state index in [9.17, 15) is 4.79 Å². The molecule has 4 rings (SSSR count). The van der Waals surface area contributed by atoms with Crippen LogP contribution in [-0.4, -0.2) is 28.7 Å². The third kappa shape index (κ3) is 3.78. The number of nitrogens with one attached hydrogen (secondary N) is 1. The molecule has 2 heterocycles. The summed E-state index contributed by atoms with van der Waals surface area (Å²) in [5.74, 6) is 0.0247. The van der Waals surface area contributed by atoms with E-state index in [1.54, 1.807) is 6.07 Å². The van der Waals surface area contributed by atoms with E-state index < -0.39 is 0 Å². The molecule has 1 aliphatic heterocycles. The van der Waals surface area contributed by atoms with Gasteiger partial charge in [0.2, 0.25) is 0 Å². The van der Waals surface area contributed by atoms with Crippen molar-refractivity contribution in [1.82, 2.24) is 9.88 Å². The Balaban J connectivity index is 0.00000102. The summed E-state index contributed by atoms with van der Waals surface area (Å²) in [6.07, 6.45) is 3.16. The Kier molecular flexibility index (Phi) is 5.98. The molecule has 0 atom stereocenters. The molecule has 6 heteroatoms. The number of halogens is 2. The Bertz CT molecular complexity index is 981. The van der Waals surface area contributed by atoms with E-state index in [1.165, 1.54) is 11.9 Å². The number of anilines is 1. The quantitative estimate of drug-likeness (QED) is 0.465. The van der Waals surface area contributed by atoms with Gasteiger partial charge in [0, 0.05) is 45.8 Å². The number of carbonyl (C=O) groups excluding carboxylic acids is 1. The molecule has 4 nitrogen and oxygen atoms in total. The molecular weight excluding hydrogens is 381 g/mol. The normalized spacial score (nSPS) is 13.1. The summed E-state index contributed by atoms with van der Waals surface area (Å²) >= 11 is 10.8. The molecule has 2 aromatic carbocycles. The van der Waals surface area contributed by atoms with Crippen LogP contribution in [0.2, 0.25) is 5.02 Å². The number of amides is 1. The van der Waals surface area contributed by atoms with Crippen molar-refractivity contribution in [2.24, 2.45) is 0 Å². The minimum Gasteiger partial charge on any atom is -0.398 e. The number of hydrogen-bond acceptors (Lipinski definition) is 2. The molecule has 0 saturated heterocycles. The lowest BCUT2D eigenvalue weighted by molar-refractivity contribution is 0.0733. The zero-order chi connectivity index (χ0) is 19.6. The number of aryl methyl sites for hydroxylation is 1. The Morgan fingerprint density at radius 1 is 1.22 bits per heavy atom. The van der Waals surface area contributed by atoms with Crippen LogP contribution in [0.25, 0.3) is 10.9 Å². The maximum Gasteiger partial charge on any atom is 0.254 e. The molecule has 0 fully saturated rings. The molecule has 0 radical (unpaired) electrons. The maximum atomic E-state index is 12.9. The van der Waals surface area contributed by atoms with Gasteiger partial charge in [-0.25, -0.2) is 0 Å². The number of aromatic nitrogens is 1. The van der Waals surface area contributed by atoms with Gasteiger partial charge in [0.1, 0.15) is 0 Å². The summed E-state index contributed by atoms with van der Waals surface area (Å²) in [6.45, 7) is 3.33. The highest BCUT2D eigenvalue weighted by atomic mass is 35.5. The molecule has 0 bridgehead atoms. The second kappa shape index (κ2) is 8.24. The SMILES string of the molecule is CCc1ccc(C(=O)N2CCc3c([nH]c4ccc(Cl)cc34)C2)cc1N.CCl. The number of hydrogen-bond donors (Lipinski definition) is 2. The van der Waals surface area contributed by atoms with Crippen LogP contribution in [0.5, 0.6) is 0 Å². The first-order chi connectivity index (χ1) is 13.1. The number of alkyl halides is 1. The van der Waals surface area contributed by atoms with Gasteiger partial charge in [0.15, 0.2) is 0 Å². The van der Waals surface area contributed by atoms with Crippen molar-refractivity contribution in [2.75, 3.05) is 18.7 Å². The Morgan fingerprint density at radius 3 is 2.70 bits per heavy atom. The predicted octanol–water partition coefficient (Wildman–Crippen LogP) is 5.02. The molecule has 0 aliphatic carbocycles. The van der Waals surface area contributed by atoms with Gasteiger partial charge in [-0.2, -0.15) is 0 Å². The highest BCUT2D eigenvalue weighted by Gasteiger charge is 2.25. The van der Waals surface area contributed by atoms with Crippen LogP contribution in [-0.2, 0) is 19.4 Å². The average molecular weight is 404 g/mol. The van der Waals surface area contributed by atoms with Crippen molar-refractivity contribution in [2.45, 2.75) is 26.3 Å². The number of nitrogens with two attached hydrogens (primary N) is 1. The summed E-state index contributed by atoms with van der Waals surface area (Å²) in [5.41, 5.74) is 11.9. The van der Waals surface area contributed by atoms with Crippen molar-refractivity contribution in [3.05, 3.63) is 63.8 Å². The molecule has 3 N–H and O–H groups in total. The molecule has 142 valence electrons. The second-order valence-electron chi connectivity index (χ2n) is 6.52. The van der Waals surface area contributed by atoms with E-state index in [1.807, 2.05) is 35.2 Å². The largest absolute Gasteiger partial charge is 0.398 e. The van der Waals surface area contributed by atoms with E-state index in [2.05, 4.69) is 23.5 Å². The summed E-state index contributed by atoms with van der Waals surface area (Å²) in [6, 6.07) is 11.5. The van der Waals surface area contributed by atoms with Crippen molar-refractivity contribution in [1.29, 1.82) is 0 Å². The zero-order valence-corrected chi connectivity index (χ0v) is 17.0. The first-order valence-corrected chi connectivity index (χ1v) is 10.0. The van der Waals surface area contributed by atoms with E-state index in [-0.39, 0.29) is 5.91 Å². The van der Waals surface area contributed by atoms with Gasteiger partial charge >= 0.3 is 0 Å². The lowest BCUT2D eigenvalue weighted by Gasteiger charge is -2.27. The molecule has 0 saturated carbocycles. The molecule has 0 unspecified atom stereocenters. The zero-order valence-electron chi connectivity index (χ0n) is 15.5. The van der Waals surface area contributed by atoms with Crippen LogP contribution in [0, 0.1) is 0 Å². The van der Waals surface area contributed by atoms with E-state index in [0.29, 0.717) is 24.3 Å². The number of benzene rings is 2. The average Bonchev–Trinajstić information content (AvgIpc) is 3.05. The maximum absolute atomic E-state index is 12.9. The fourth-order valence-electron chi connectivity index (χ4n) is 3.62. The Morgan fingerprint density at radius 2 is 2.00 bits per heavy atom. The van der Waals surface area contributed by atoms with Gasteiger partial charge in [-0.15, -0.1) is 11.6 Å². The summed E-state index contributed by atoms with van der Waals surface area (Å²) in [4.78, 5) is 18.2. The number of carbonyl (C=O) groups is 1. The molecular formula is C21H23Cl2N3O. The standard InChI is InChI=1S/C20H20ClN3O.CH3Cl/c1-2-12-3-4-13(9-17(12)22)20(25)24-8-7-15-16-10-14(21)5-6-18(16)23-19(15)11-24;1-2/h3-6,9-10,23H,2,7-8,11,22H2,1H3;1H3. The summed E-state index contributed by atoms with van der Waals surface area (Å²) in [5, 5.41) is 1.89. The molecule has 3 aromatic rings. The lowest BCUT2D eigenvalue weighted by Crippen LogP contribution is -2.35. The van der Waals surface area contributed by atoms with Crippen LogP contribution in [0.4, 0.5) is 5.69 Å². The third-order valence-corrected chi connectivity index (χ3v) is 5.23. The van der Waals surface area contributed by atoms with Gasteiger partial charge in [0.05, 0.1) is 6.54 Å². The summed E-state index contributed by atoms with van der Waals surface area (Å²) < 4.78 is 0. The number of rotatable bonds is 2. The predicted molar refractivity (Wildman–Crippen MR) is 114 cm³/mol. The fraction of sp³-hybridized carbons (Fsp3) is 0.286. The van der Waals surface area contributed by atoms with Crippen molar-refractivity contribution in [3.63, 3.8) is 0 Å². The first kappa shape index (κ1) is 19.6. The lowest BCUT2D eigenvalue weighted by atomic mass is 10.0. The van der Waals surface area contributed by atoms with Gasteiger partial charge < -0.3 is 15.6 Å². The molecule has 27 heavy (non-hydrogen) atoms. The van der Waals surface area contributed by atoms with Crippen molar-refractivity contribution >= 4 is 45.7 Å². The second-order valence-corrected chi connectivity index (χ2v) is 6.95. The van der Waals surface area contributed by atoms with Crippen LogP contribution in [0.3, 0.4) is 0 Å². The van der Waals surface area contributed by atoms with Crippen molar-refractivity contribution < 1.29 is 4.79 Å². The molecule has 0 spiro atoms. The highest BCUT2D eigenvalue weighted by molar-refractivity contribution is 6.31. The summed E-state index contributed by atoms with van der Waals surface area (Å²) in [7, 11) is 0. The van der Waals surface area contributed by atoms with Crippen LogP contribution in [0.15, 0.2) is 36.4 Å². The minimum atomic E-state index is 0.0247. The van der Waals surface area contributed by atoms with Gasteiger partial charge in [0.25, 0.3) is 5.91 Å². The van der Waals surface area contributed by atoms with Gasteiger partial charge in [-0.3, -0.25) is 4.79 Å². The number of H-pyrrole nitrogens is 1. The molecule has 1 aromatic heterocycles. The first-order valence-electron chi connectivity index (χ1n) is 8.91. The van der Waals surface area contributed by atoms with E-state index in [0.717, 1.165) is 40.0 Å². The number of nitrogens with zero attached hydrogens (tertiary/aromatic N) is 1. The third-order valence-electron chi connectivity index (χ3n) is 5.00. The van der Waals surface area contributed by atoms with E-state index >= 15 is 0 Å². The monoisotopic (exact) mass is 403 g/mol. The minimum absolute atomic E-state index is 0.0247. The van der Waals surface area contributed by atoms with Gasteiger partial charge in [-0.1, -0.05) is 24.6 Å². The topological polar surface area (TPSA) is 62.1 Å². The smallest absolute Gasteiger partial charge is 0.254 e. The van der Waals surface area contributed by atoms with Gasteiger partial charge in [-0.05, 0) is 54.3 Å². The van der Waals surface area contributed by atoms with E-state index in [4.69, 9.17) is 17.3 Å². The number of nitrogen functional groups attached to an aromatic ring is 1. The number of fused-ring (bicyclic) bond motifs is 3. The molecule has 1 aliphatic rings. The molecule has 1 amide bonds.